The van der Waals surface area contributed by atoms with Crippen molar-refractivity contribution in [2.75, 3.05) is 7.11 Å². The highest BCUT2D eigenvalue weighted by molar-refractivity contribution is 5.71. The molecule has 0 saturated heterocycles. The maximum Gasteiger partial charge on any atom is 0.307 e. The lowest BCUT2D eigenvalue weighted by atomic mass is 9.91. The van der Waals surface area contributed by atoms with E-state index in [0.717, 1.165) is 5.56 Å². The Balaban J connectivity index is 2.80. The smallest absolute Gasteiger partial charge is 0.307 e. The summed E-state index contributed by atoms with van der Waals surface area (Å²) in [5.74, 6) is -0.313. The van der Waals surface area contributed by atoms with Gasteiger partial charge < -0.3 is 10.5 Å². The summed E-state index contributed by atoms with van der Waals surface area (Å²) in [5, 5.41) is 0. The fourth-order valence-corrected chi connectivity index (χ4v) is 1.21. The number of nitrogens with zero attached hydrogens (tertiary/aromatic N) is 1. The van der Waals surface area contributed by atoms with Crippen LogP contribution >= 0.6 is 0 Å². The predicted octanol–water partition coefficient (Wildman–Crippen LogP) is 0.819. The van der Waals surface area contributed by atoms with Gasteiger partial charge in [-0.1, -0.05) is 0 Å². The Morgan fingerprint density at radius 3 is 2.64 bits per heavy atom. The molecule has 0 radical (unpaired) electrons. The van der Waals surface area contributed by atoms with Crippen LogP contribution < -0.4 is 5.73 Å². The Hall–Kier alpha value is -1.42. The zero-order valence-electron chi connectivity index (χ0n) is 8.36. The maximum atomic E-state index is 11.1. The molecule has 0 aromatic carbocycles. The number of hydrogen-bond acceptors (Lipinski definition) is 4. The first-order chi connectivity index (χ1) is 6.56. The highest BCUT2D eigenvalue weighted by Crippen LogP contribution is 2.20. The van der Waals surface area contributed by atoms with Crippen LogP contribution in [0.4, 0.5) is 0 Å². The number of carbonyl (C=O) groups is 1. The van der Waals surface area contributed by atoms with Gasteiger partial charge >= 0.3 is 5.97 Å². The third-order valence-electron chi connectivity index (χ3n) is 2.08. The third kappa shape index (κ3) is 2.53. The number of nitrogens with two attached hydrogens (primary N) is 1. The quantitative estimate of drug-likeness (QED) is 0.723. The Kier molecular flexibility index (Phi) is 3.19. The van der Waals surface area contributed by atoms with E-state index in [2.05, 4.69) is 9.72 Å². The van der Waals surface area contributed by atoms with Crippen LogP contribution in [0.1, 0.15) is 18.9 Å². The second kappa shape index (κ2) is 4.19. The first-order valence-electron chi connectivity index (χ1n) is 4.32. The average molecular weight is 194 g/mol. The molecule has 1 rings (SSSR count). The normalized spacial score (nSPS) is 14.5. The van der Waals surface area contributed by atoms with Gasteiger partial charge in [0.15, 0.2) is 0 Å². The fraction of sp³-hybridized carbons (Fsp3) is 0.400. The van der Waals surface area contributed by atoms with Crippen molar-refractivity contribution < 1.29 is 9.53 Å². The van der Waals surface area contributed by atoms with Crippen molar-refractivity contribution in [3.63, 3.8) is 0 Å². The lowest BCUT2D eigenvalue weighted by Gasteiger charge is -2.23. The molecule has 1 atom stereocenters. The lowest BCUT2D eigenvalue weighted by molar-refractivity contribution is -0.141. The molecule has 1 aromatic rings. The lowest BCUT2D eigenvalue weighted by Crippen LogP contribution is -2.35. The van der Waals surface area contributed by atoms with E-state index < -0.39 is 5.54 Å². The van der Waals surface area contributed by atoms with Crippen LogP contribution in [0.25, 0.3) is 0 Å². The van der Waals surface area contributed by atoms with E-state index in [1.165, 1.54) is 7.11 Å². The van der Waals surface area contributed by atoms with Gasteiger partial charge in [0.05, 0.1) is 13.5 Å². The molecule has 4 heteroatoms. The van der Waals surface area contributed by atoms with Crippen LogP contribution in [0.15, 0.2) is 24.5 Å². The minimum absolute atomic E-state index is 0.160. The number of aromatic nitrogens is 1. The van der Waals surface area contributed by atoms with Gasteiger partial charge in [0.1, 0.15) is 0 Å². The summed E-state index contributed by atoms with van der Waals surface area (Å²) in [7, 11) is 1.35. The molecule has 0 fully saturated rings. The minimum Gasteiger partial charge on any atom is -0.469 e. The molecule has 14 heavy (non-hydrogen) atoms. The van der Waals surface area contributed by atoms with Gasteiger partial charge in [-0.15, -0.1) is 0 Å². The van der Waals surface area contributed by atoms with Gasteiger partial charge in [-0.25, -0.2) is 0 Å². The summed E-state index contributed by atoms with van der Waals surface area (Å²) in [4.78, 5) is 15.0. The second-order valence-electron chi connectivity index (χ2n) is 3.41. The number of methoxy groups -OCH3 is 1. The molecule has 0 spiro atoms. The Bertz CT molecular complexity index is 309. The number of esters is 1. The van der Waals surface area contributed by atoms with Gasteiger partial charge in [0.25, 0.3) is 0 Å². The molecule has 0 saturated carbocycles. The van der Waals surface area contributed by atoms with Crippen LogP contribution in [-0.4, -0.2) is 18.1 Å². The van der Waals surface area contributed by atoms with Crippen LogP contribution in [0.3, 0.4) is 0 Å². The van der Waals surface area contributed by atoms with E-state index in [0.29, 0.717) is 0 Å². The van der Waals surface area contributed by atoms with Crippen molar-refractivity contribution in [2.24, 2.45) is 5.73 Å². The van der Waals surface area contributed by atoms with Crippen molar-refractivity contribution in [3.8, 4) is 0 Å². The molecule has 0 amide bonds. The first-order valence-corrected chi connectivity index (χ1v) is 4.32. The summed E-state index contributed by atoms with van der Waals surface area (Å²) >= 11 is 0. The fourth-order valence-electron chi connectivity index (χ4n) is 1.21. The van der Waals surface area contributed by atoms with Crippen LogP contribution in [0, 0.1) is 0 Å². The highest BCUT2D eigenvalue weighted by Gasteiger charge is 2.24. The van der Waals surface area contributed by atoms with E-state index in [1.54, 1.807) is 31.5 Å². The van der Waals surface area contributed by atoms with Crippen molar-refractivity contribution in [1.29, 1.82) is 0 Å². The third-order valence-corrected chi connectivity index (χ3v) is 2.08. The summed E-state index contributed by atoms with van der Waals surface area (Å²) in [5.41, 5.74) is 6.16. The SMILES string of the molecule is COC(=O)C[C@@](C)(N)c1ccncc1. The summed E-state index contributed by atoms with van der Waals surface area (Å²) in [6, 6.07) is 3.59. The zero-order chi connectivity index (χ0) is 10.6. The topological polar surface area (TPSA) is 65.2 Å². The van der Waals surface area contributed by atoms with Crippen LogP contribution in [-0.2, 0) is 15.1 Å². The largest absolute Gasteiger partial charge is 0.469 e. The summed E-state index contributed by atoms with van der Waals surface area (Å²) < 4.78 is 4.57. The van der Waals surface area contributed by atoms with Crippen molar-refractivity contribution >= 4 is 5.97 Å². The van der Waals surface area contributed by atoms with Gasteiger partial charge in [-0.3, -0.25) is 9.78 Å². The molecule has 1 heterocycles. The molecule has 2 N–H and O–H groups in total. The molecular formula is C10H14N2O2. The van der Waals surface area contributed by atoms with Crippen molar-refractivity contribution in [2.45, 2.75) is 18.9 Å². The standard InChI is InChI=1S/C10H14N2O2/c1-10(11,7-9(13)14-2)8-3-5-12-6-4-8/h3-6H,7,11H2,1-2H3/t10-/m1/s1. The second-order valence-corrected chi connectivity index (χ2v) is 3.41. The summed E-state index contributed by atoms with van der Waals surface area (Å²) in [6.07, 6.45) is 3.46. The van der Waals surface area contributed by atoms with E-state index in [9.17, 15) is 4.79 Å². The number of ether oxygens (including phenoxy) is 1. The first kappa shape index (κ1) is 10.7. The Labute approximate surface area is 83.1 Å². The van der Waals surface area contributed by atoms with E-state index in [4.69, 9.17) is 5.73 Å². The number of rotatable bonds is 3. The molecule has 1 aromatic heterocycles. The molecule has 4 nitrogen and oxygen atoms in total. The highest BCUT2D eigenvalue weighted by atomic mass is 16.5. The molecular weight excluding hydrogens is 180 g/mol. The van der Waals surface area contributed by atoms with Crippen LogP contribution in [0.5, 0.6) is 0 Å². The number of hydrogen-bond donors (Lipinski definition) is 1. The van der Waals surface area contributed by atoms with Crippen LogP contribution in [0.2, 0.25) is 0 Å². The maximum absolute atomic E-state index is 11.1. The van der Waals surface area contributed by atoms with Gasteiger partial charge in [0, 0.05) is 17.9 Å². The Morgan fingerprint density at radius 2 is 2.14 bits per heavy atom. The molecule has 0 aliphatic carbocycles. The molecule has 0 unspecified atom stereocenters. The van der Waals surface area contributed by atoms with E-state index in [1.807, 2.05) is 0 Å². The number of pyridine rings is 1. The van der Waals surface area contributed by atoms with Crippen molar-refractivity contribution in [3.05, 3.63) is 30.1 Å². The minimum atomic E-state index is -0.698. The predicted molar refractivity (Wildman–Crippen MR) is 52.4 cm³/mol. The Morgan fingerprint density at radius 1 is 1.57 bits per heavy atom. The van der Waals surface area contributed by atoms with Gasteiger partial charge in [-0.2, -0.15) is 0 Å². The van der Waals surface area contributed by atoms with E-state index in [-0.39, 0.29) is 12.4 Å². The monoisotopic (exact) mass is 194 g/mol. The average Bonchev–Trinajstić information content (AvgIpc) is 2.18. The molecule has 0 bridgehead atoms. The summed E-state index contributed by atoms with van der Waals surface area (Å²) in [6.45, 7) is 1.79. The molecule has 0 aliphatic heterocycles. The van der Waals surface area contributed by atoms with Gasteiger partial charge in [0.2, 0.25) is 0 Å². The molecule has 0 aliphatic rings. The van der Waals surface area contributed by atoms with Crippen molar-refractivity contribution in [1.82, 2.24) is 4.98 Å². The van der Waals surface area contributed by atoms with Gasteiger partial charge in [-0.05, 0) is 24.6 Å². The van der Waals surface area contributed by atoms with E-state index >= 15 is 0 Å². The molecule has 76 valence electrons. The number of carbonyl (C=O) groups excluding carboxylic acids is 1. The zero-order valence-corrected chi connectivity index (χ0v) is 8.36.